The molecule has 0 unspecified atom stereocenters. The summed E-state index contributed by atoms with van der Waals surface area (Å²) in [7, 11) is 0. The second-order valence-electron chi connectivity index (χ2n) is 6.29. The minimum absolute atomic E-state index is 0.215. The highest BCUT2D eigenvalue weighted by molar-refractivity contribution is 8.24. The molecule has 1 aromatic rings. The summed E-state index contributed by atoms with van der Waals surface area (Å²) in [5.74, 6) is 0. The fourth-order valence-electron chi connectivity index (χ4n) is 2.67. The fourth-order valence-corrected chi connectivity index (χ4v) is 4.60. The van der Waals surface area contributed by atoms with Crippen LogP contribution in [0.2, 0.25) is 0 Å². The summed E-state index contributed by atoms with van der Waals surface area (Å²) >= 11 is 7.12. The fraction of sp³-hybridized carbons (Fsp3) is 0.529. The van der Waals surface area contributed by atoms with Crippen molar-refractivity contribution in [3.8, 4) is 0 Å². The molecule has 0 spiro atoms. The number of aryl methyl sites for hydroxylation is 1. The molecule has 1 saturated heterocycles. The highest BCUT2D eigenvalue weighted by atomic mass is 32.2. The zero-order valence-electron chi connectivity index (χ0n) is 13.7. The molecule has 1 fully saturated rings. The number of benzene rings is 1. The Morgan fingerprint density at radius 1 is 1.36 bits per heavy atom. The Balaban J connectivity index is 2.28. The van der Waals surface area contributed by atoms with Crippen LogP contribution in [0.3, 0.4) is 0 Å². The van der Waals surface area contributed by atoms with Gasteiger partial charge in [-0.15, -0.1) is 0 Å². The van der Waals surface area contributed by atoms with Crippen LogP contribution in [-0.4, -0.2) is 37.6 Å². The van der Waals surface area contributed by atoms with Gasteiger partial charge in [0.25, 0.3) is 6.17 Å². The van der Waals surface area contributed by atoms with Crippen molar-refractivity contribution in [2.75, 3.05) is 6.54 Å². The van der Waals surface area contributed by atoms with Gasteiger partial charge in [-0.1, -0.05) is 55.0 Å². The van der Waals surface area contributed by atoms with Crippen LogP contribution in [-0.2, 0) is 0 Å². The summed E-state index contributed by atoms with van der Waals surface area (Å²) < 4.78 is 1.70. The van der Waals surface area contributed by atoms with Crippen LogP contribution in [0.1, 0.15) is 44.7 Å². The minimum Gasteiger partial charge on any atom is -0.622 e. The SMILES string of the molecule is CCCCN1C(=S)SC(C)(C)[C@@H]1/[N+]([O-])=C/c1ccc(C)cc1. The van der Waals surface area contributed by atoms with Crippen molar-refractivity contribution in [2.24, 2.45) is 0 Å². The van der Waals surface area contributed by atoms with Gasteiger partial charge in [0.15, 0.2) is 6.21 Å². The van der Waals surface area contributed by atoms with E-state index in [2.05, 4.69) is 25.7 Å². The van der Waals surface area contributed by atoms with E-state index in [9.17, 15) is 5.21 Å². The summed E-state index contributed by atoms with van der Waals surface area (Å²) in [4.78, 5) is 2.08. The van der Waals surface area contributed by atoms with Crippen molar-refractivity contribution in [2.45, 2.75) is 51.4 Å². The predicted molar refractivity (Wildman–Crippen MR) is 99.6 cm³/mol. The molecule has 1 atom stereocenters. The number of hydrogen-bond acceptors (Lipinski definition) is 3. The van der Waals surface area contributed by atoms with Gasteiger partial charge in [0.2, 0.25) is 0 Å². The number of thioether (sulfide) groups is 1. The van der Waals surface area contributed by atoms with E-state index in [-0.39, 0.29) is 10.9 Å². The zero-order valence-corrected chi connectivity index (χ0v) is 15.3. The average Bonchev–Trinajstić information content (AvgIpc) is 2.67. The third-order valence-electron chi connectivity index (χ3n) is 3.85. The van der Waals surface area contributed by atoms with E-state index in [0.29, 0.717) is 0 Å². The minimum atomic E-state index is -0.252. The smallest absolute Gasteiger partial charge is 0.254 e. The van der Waals surface area contributed by atoms with Crippen molar-refractivity contribution in [3.63, 3.8) is 0 Å². The number of thiocarbonyl (C=S) groups is 1. The number of hydrogen-bond donors (Lipinski definition) is 0. The van der Waals surface area contributed by atoms with E-state index in [0.717, 1.165) is 34.0 Å². The second kappa shape index (κ2) is 7.01. The lowest BCUT2D eigenvalue weighted by molar-refractivity contribution is -0.523. The van der Waals surface area contributed by atoms with E-state index in [1.165, 1.54) is 5.56 Å². The predicted octanol–water partition coefficient (Wildman–Crippen LogP) is 4.16. The Hall–Kier alpha value is -1.07. The molecule has 1 heterocycles. The molecule has 120 valence electrons. The average molecular weight is 337 g/mol. The summed E-state index contributed by atoms with van der Waals surface area (Å²) in [6.07, 6.45) is 3.57. The first kappa shape index (κ1) is 17.3. The quantitative estimate of drug-likeness (QED) is 0.265. The van der Waals surface area contributed by atoms with Gasteiger partial charge in [0.05, 0.1) is 0 Å². The Kier molecular flexibility index (Phi) is 5.50. The monoisotopic (exact) mass is 336 g/mol. The van der Waals surface area contributed by atoms with Crippen LogP contribution in [0.25, 0.3) is 0 Å². The van der Waals surface area contributed by atoms with Crippen LogP contribution in [0.5, 0.6) is 0 Å². The molecule has 0 aliphatic carbocycles. The molecule has 1 aliphatic rings. The van der Waals surface area contributed by atoms with Gasteiger partial charge in [-0.25, -0.2) is 0 Å². The first-order valence-corrected chi connectivity index (χ1v) is 8.94. The molecule has 0 radical (unpaired) electrons. The highest BCUT2D eigenvalue weighted by Gasteiger charge is 2.50. The van der Waals surface area contributed by atoms with Crippen LogP contribution in [0.4, 0.5) is 0 Å². The summed E-state index contributed by atoms with van der Waals surface area (Å²) in [5.41, 5.74) is 2.12. The first-order chi connectivity index (χ1) is 10.3. The second-order valence-corrected chi connectivity index (χ2v) is 8.58. The van der Waals surface area contributed by atoms with Crippen molar-refractivity contribution >= 4 is 34.5 Å². The maximum Gasteiger partial charge on any atom is 0.254 e. The maximum atomic E-state index is 12.8. The Morgan fingerprint density at radius 2 is 2.00 bits per heavy atom. The molecule has 0 bridgehead atoms. The lowest BCUT2D eigenvalue weighted by Crippen LogP contribution is -2.48. The molecule has 3 nitrogen and oxygen atoms in total. The van der Waals surface area contributed by atoms with Crippen LogP contribution in [0, 0.1) is 12.1 Å². The van der Waals surface area contributed by atoms with Gasteiger partial charge in [0, 0.05) is 12.1 Å². The number of unbranched alkanes of at least 4 members (excludes halogenated alkanes) is 1. The maximum absolute atomic E-state index is 12.8. The standard InChI is InChI=1S/C17H24N2OS2/c1-5-6-11-18-15(17(3,4)22-16(18)21)19(20)12-14-9-7-13(2)8-10-14/h7-10,12,15H,5-6,11H2,1-4H3/b19-12-/t15-/m0/s1. The van der Waals surface area contributed by atoms with Gasteiger partial charge < -0.3 is 5.21 Å². The van der Waals surface area contributed by atoms with Crippen molar-refractivity contribution in [1.82, 2.24) is 4.90 Å². The molecule has 2 rings (SSSR count). The summed E-state index contributed by atoms with van der Waals surface area (Å²) in [5, 5.41) is 12.8. The Labute approximate surface area is 143 Å². The van der Waals surface area contributed by atoms with Crippen LogP contribution >= 0.6 is 24.0 Å². The number of hydroxylamine groups is 1. The van der Waals surface area contributed by atoms with Crippen molar-refractivity contribution in [1.29, 1.82) is 0 Å². The molecular formula is C17H24N2OS2. The lowest BCUT2D eigenvalue weighted by atomic mass is 10.1. The highest BCUT2D eigenvalue weighted by Crippen LogP contribution is 2.41. The Morgan fingerprint density at radius 3 is 2.59 bits per heavy atom. The molecule has 22 heavy (non-hydrogen) atoms. The third-order valence-corrected chi connectivity index (χ3v) is 5.48. The van der Waals surface area contributed by atoms with Gasteiger partial charge in [-0.05, 0) is 39.3 Å². The largest absolute Gasteiger partial charge is 0.622 e. The van der Waals surface area contributed by atoms with E-state index in [1.807, 2.05) is 31.2 Å². The molecule has 5 heteroatoms. The van der Waals surface area contributed by atoms with Gasteiger partial charge >= 0.3 is 0 Å². The molecule has 1 aromatic carbocycles. The van der Waals surface area contributed by atoms with Gasteiger partial charge in [-0.2, -0.15) is 4.74 Å². The molecule has 0 saturated carbocycles. The first-order valence-electron chi connectivity index (χ1n) is 7.72. The third kappa shape index (κ3) is 3.82. The number of rotatable bonds is 5. The normalized spacial score (nSPS) is 21.5. The van der Waals surface area contributed by atoms with Crippen LogP contribution in [0.15, 0.2) is 24.3 Å². The summed E-state index contributed by atoms with van der Waals surface area (Å²) in [6.45, 7) is 9.22. The molecule has 0 N–H and O–H groups in total. The summed E-state index contributed by atoms with van der Waals surface area (Å²) in [6, 6.07) is 8.00. The van der Waals surface area contributed by atoms with Crippen LogP contribution < -0.4 is 0 Å². The zero-order chi connectivity index (χ0) is 16.3. The van der Waals surface area contributed by atoms with Gasteiger partial charge in [0.1, 0.15) is 9.07 Å². The van der Waals surface area contributed by atoms with Crippen molar-refractivity contribution in [3.05, 3.63) is 40.6 Å². The Bertz CT molecular complexity index is 567. The van der Waals surface area contributed by atoms with E-state index in [4.69, 9.17) is 12.2 Å². The molecular weight excluding hydrogens is 312 g/mol. The van der Waals surface area contributed by atoms with E-state index in [1.54, 1.807) is 18.0 Å². The van der Waals surface area contributed by atoms with Gasteiger partial charge in [-0.3, -0.25) is 4.90 Å². The van der Waals surface area contributed by atoms with E-state index >= 15 is 0 Å². The van der Waals surface area contributed by atoms with Crippen molar-refractivity contribution < 1.29 is 4.74 Å². The lowest BCUT2D eigenvalue weighted by Gasteiger charge is -2.29. The van der Waals surface area contributed by atoms with E-state index < -0.39 is 0 Å². The number of nitrogens with zero attached hydrogens (tertiary/aromatic N) is 2. The molecule has 1 aliphatic heterocycles. The molecule has 0 amide bonds. The molecule has 0 aromatic heterocycles. The topological polar surface area (TPSA) is 29.3 Å².